The first-order chi connectivity index (χ1) is 26.8. The fourth-order valence-corrected chi connectivity index (χ4v) is 9.42. The van der Waals surface area contributed by atoms with Crippen LogP contribution in [-0.2, 0) is 54.1 Å². The predicted octanol–water partition coefficient (Wildman–Crippen LogP) is 2.65. The van der Waals surface area contributed by atoms with E-state index in [1.54, 1.807) is 62.4 Å². The molecule has 1 aliphatic heterocycles. The van der Waals surface area contributed by atoms with Crippen LogP contribution in [-0.4, -0.2) is 110 Å². The zero-order chi connectivity index (χ0) is 41.7. The summed E-state index contributed by atoms with van der Waals surface area (Å²) < 4.78 is 29.6. The van der Waals surface area contributed by atoms with Crippen molar-refractivity contribution in [1.29, 1.82) is 0 Å². The highest BCUT2D eigenvalue weighted by Gasteiger charge is 2.78. The predicted molar refractivity (Wildman–Crippen MR) is 196 cm³/mol. The second-order valence-electron chi connectivity index (χ2n) is 16.2. The van der Waals surface area contributed by atoms with Gasteiger partial charge in [-0.05, 0) is 42.7 Å². The van der Waals surface area contributed by atoms with E-state index in [-0.39, 0.29) is 36.2 Å². The van der Waals surface area contributed by atoms with Crippen molar-refractivity contribution in [2.45, 2.75) is 115 Å². The fourth-order valence-electron chi connectivity index (χ4n) is 9.42. The monoisotopic (exact) mass is 792 g/mol. The molecule has 1 heterocycles. The van der Waals surface area contributed by atoms with Gasteiger partial charge in [0.25, 0.3) is 0 Å². The number of carboxylic acids is 1. The van der Waals surface area contributed by atoms with Gasteiger partial charge in [0, 0.05) is 31.6 Å². The van der Waals surface area contributed by atoms with Gasteiger partial charge in [-0.15, -0.1) is 0 Å². The van der Waals surface area contributed by atoms with Gasteiger partial charge >= 0.3 is 29.8 Å². The summed E-state index contributed by atoms with van der Waals surface area (Å²) in [7, 11) is 0. The Balaban J connectivity index is 1.49. The summed E-state index contributed by atoms with van der Waals surface area (Å²) >= 11 is 0. The number of carbonyl (C=O) groups is 6. The average Bonchev–Trinajstić information content (AvgIpc) is 3.15. The molecule has 57 heavy (non-hydrogen) atoms. The highest BCUT2D eigenvalue weighted by molar-refractivity contribution is 5.94. The van der Waals surface area contributed by atoms with Crippen molar-refractivity contribution in [3.05, 3.63) is 82.9 Å². The number of ketones is 1. The van der Waals surface area contributed by atoms with Crippen LogP contribution in [0.4, 0.5) is 0 Å². The minimum atomic E-state index is -2.34. The van der Waals surface area contributed by atoms with Crippen LogP contribution in [0.2, 0.25) is 0 Å². The van der Waals surface area contributed by atoms with Crippen LogP contribution >= 0.6 is 0 Å². The molecule has 2 aromatic rings. The number of carboxylic acid groups (broad SMARTS) is 1. The molecule has 4 aliphatic rings. The van der Waals surface area contributed by atoms with Crippen LogP contribution in [0.5, 0.6) is 0 Å². The summed E-state index contributed by atoms with van der Waals surface area (Å²) in [6.07, 6.45) is -11.3. The molecule has 0 unspecified atom stereocenters. The fraction of sp³-hybridized carbons (Fsp3) is 0.524. The minimum Gasteiger partial charge on any atom is -0.481 e. The molecule has 2 aromatic carbocycles. The number of carbonyl (C=O) groups excluding carboxylic acids is 5. The molecule has 4 N–H and O–H groups in total. The number of aliphatic hydroxyl groups is 3. The van der Waals surface area contributed by atoms with Crippen molar-refractivity contribution in [3.8, 4) is 0 Å². The van der Waals surface area contributed by atoms with Gasteiger partial charge in [-0.1, -0.05) is 62.4 Å². The van der Waals surface area contributed by atoms with Gasteiger partial charge in [0.15, 0.2) is 11.4 Å². The van der Waals surface area contributed by atoms with Gasteiger partial charge in [0.1, 0.15) is 30.0 Å². The second kappa shape index (κ2) is 15.4. The van der Waals surface area contributed by atoms with Crippen molar-refractivity contribution >= 4 is 35.6 Å². The maximum Gasteiger partial charge on any atom is 0.348 e. The molecule has 3 fully saturated rings. The molecule has 306 valence electrons. The number of benzene rings is 2. The number of rotatable bonds is 11. The Morgan fingerprint density at radius 2 is 1.56 bits per heavy atom. The Bertz CT molecular complexity index is 1960. The van der Waals surface area contributed by atoms with Crippen molar-refractivity contribution < 1.29 is 72.9 Å². The van der Waals surface area contributed by atoms with E-state index in [1.807, 2.05) is 0 Å². The molecule has 0 spiro atoms. The van der Waals surface area contributed by atoms with E-state index in [9.17, 15) is 44.1 Å². The molecule has 6 rings (SSSR count). The van der Waals surface area contributed by atoms with Crippen LogP contribution in [0.3, 0.4) is 0 Å². The summed E-state index contributed by atoms with van der Waals surface area (Å²) in [6.45, 7) is 6.84. The largest absolute Gasteiger partial charge is 0.481 e. The number of fused-ring (bicyclic) bond motifs is 5. The van der Waals surface area contributed by atoms with Gasteiger partial charge < -0.3 is 44.1 Å². The lowest BCUT2D eigenvalue weighted by atomic mass is 9.44. The number of hydrogen-bond acceptors (Lipinski definition) is 14. The van der Waals surface area contributed by atoms with Crippen LogP contribution in [0.15, 0.2) is 71.8 Å². The molecule has 0 amide bonds. The van der Waals surface area contributed by atoms with Crippen LogP contribution < -0.4 is 0 Å². The lowest BCUT2D eigenvalue weighted by Gasteiger charge is -2.67. The summed E-state index contributed by atoms with van der Waals surface area (Å²) in [6, 6.07) is 16.3. The molecule has 3 aliphatic carbocycles. The molecule has 15 nitrogen and oxygen atoms in total. The van der Waals surface area contributed by atoms with Crippen molar-refractivity contribution in [1.82, 2.24) is 0 Å². The summed E-state index contributed by atoms with van der Waals surface area (Å²) in [5, 5.41) is 46.5. The van der Waals surface area contributed by atoms with Crippen LogP contribution in [0.1, 0.15) is 76.2 Å². The molecular formula is C42H48O15. The van der Waals surface area contributed by atoms with Crippen molar-refractivity contribution in [2.75, 3.05) is 6.61 Å². The number of Topliss-reactive ketones (excluding diaryl/α,β-unsaturated/α-hetero) is 1. The highest BCUT2D eigenvalue weighted by Crippen LogP contribution is 2.64. The number of ether oxygens (including phenoxy) is 5. The van der Waals surface area contributed by atoms with E-state index < -0.39 is 119 Å². The molecule has 0 aromatic heterocycles. The number of aliphatic carboxylic acids is 1. The first-order valence-electron chi connectivity index (χ1n) is 18.8. The lowest BCUT2D eigenvalue weighted by Crippen LogP contribution is -2.81. The standard InChI is InChI=1S/C42H48O15/c1-22-27(55-38(51)26(18-24-12-8-6-9-13-24)54-31(47)17-16-30(45)46)20-42(52)36(56-37(50)25-14-10-7-11-15-25)34-40(5,35(49)33(48)32(22)39(42,3)4)28(44)19-29-41(34,21-53-29)57-23(2)43/h6-15,26-29,33-34,36,44,48,52H,16-21H2,1-5H3,(H,45,46)/t26-,27+,28+,29-,33-,34+,36+,40-,41+,42-/m1/s1. The molecule has 0 radical (unpaired) electrons. The van der Waals surface area contributed by atoms with Crippen molar-refractivity contribution in [2.24, 2.45) is 16.7 Å². The maximum atomic E-state index is 14.9. The number of hydrogen-bond donors (Lipinski definition) is 4. The van der Waals surface area contributed by atoms with E-state index in [1.165, 1.54) is 26.0 Å². The van der Waals surface area contributed by atoms with Gasteiger partial charge in [0.2, 0.25) is 6.10 Å². The second-order valence-corrected chi connectivity index (χ2v) is 16.2. The molecule has 1 saturated heterocycles. The van der Waals surface area contributed by atoms with E-state index in [2.05, 4.69) is 0 Å². The Morgan fingerprint density at radius 3 is 2.14 bits per heavy atom. The summed E-state index contributed by atoms with van der Waals surface area (Å²) in [5.41, 5.74) is -6.95. The summed E-state index contributed by atoms with van der Waals surface area (Å²) in [5.74, 6) is -7.43. The minimum absolute atomic E-state index is 0.0572. The van der Waals surface area contributed by atoms with E-state index in [0.717, 1.165) is 6.92 Å². The van der Waals surface area contributed by atoms with E-state index in [4.69, 9.17) is 28.8 Å². The highest BCUT2D eigenvalue weighted by atomic mass is 16.6. The van der Waals surface area contributed by atoms with Gasteiger partial charge in [-0.2, -0.15) is 0 Å². The lowest BCUT2D eigenvalue weighted by molar-refractivity contribution is -0.346. The van der Waals surface area contributed by atoms with Gasteiger partial charge in [-0.25, -0.2) is 9.59 Å². The van der Waals surface area contributed by atoms with Gasteiger partial charge in [0.05, 0.1) is 42.4 Å². The normalized spacial score (nSPS) is 33.2. The molecule has 2 bridgehead atoms. The summed E-state index contributed by atoms with van der Waals surface area (Å²) in [4.78, 5) is 79.9. The zero-order valence-electron chi connectivity index (χ0n) is 32.3. The van der Waals surface area contributed by atoms with Crippen LogP contribution in [0, 0.1) is 16.7 Å². The Labute approximate surface area is 328 Å². The topological polar surface area (TPSA) is 229 Å². The zero-order valence-corrected chi connectivity index (χ0v) is 32.3. The number of aliphatic hydroxyl groups excluding tert-OH is 2. The molecular weight excluding hydrogens is 744 g/mol. The molecule has 2 saturated carbocycles. The first-order valence-corrected chi connectivity index (χ1v) is 18.8. The van der Waals surface area contributed by atoms with E-state index in [0.29, 0.717) is 5.56 Å². The number of esters is 4. The molecule has 15 heteroatoms. The maximum absolute atomic E-state index is 14.9. The third-order valence-electron chi connectivity index (χ3n) is 12.5. The Hall–Kier alpha value is -4.96. The third-order valence-corrected chi connectivity index (χ3v) is 12.5. The smallest absolute Gasteiger partial charge is 0.348 e. The third kappa shape index (κ3) is 7.15. The average molecular weight is 793 g/mol. The van der Waals surface area contributed by atoms with Gasteiger partial charge in [-0.3, -0.25) is 19.2 Å². The van der Waals surface area contributed by atoms with Crippen LogP contribution in [0.25, 0.3) is 0 Å². The van der Waals surface area contributed by atoms with E-state index >= 15 is 0 Å². The first kappa shape index (κ1) is 41.7. The van der Waals surface area contributed by atoms with Crippen molar-refractivity contribution in [3.63, 3.8) is 0 Å². The Kier molecular flexibility index (Phi) is 11.3. The SMILES string of the molecule is CC(=O)O[C@@]12CO[C@@H]1C[C@H](O)[C@@]1(C)C(=O)[C@H](O)C3=C(C)[C@@H](OC(=O)[C@@H](Cc4ccccc4)OC(=O)CCC(=O)O)C[C@@](O)([C@@H](OC(=O)c4ccccc4)[C@H]21)C3(C)C. The molecule has 10 atom stereocenters. The quantitative estimate of drug-likeness (QED) is 0.146. The Morgan fingerprint density at radius 1 is 0.930 bits per heavy atom.